The highest BCUT2D eigenvalue weighted by molar-refractivity contribution is 6.25. The van der Waals surface area contributed by atoms with Gasteiger partial charge in [0.15, 0.2) is 0 Å². The van der Waals surface area contributed by atoms with Gasteiger partial charge in [0, 0.05) is 34.3 Å². The summed E-state index contributed by atoms with van der Waals surface area (Å²) in [5.74, 6) is 0. The molecule has 0 amide bonds. The van der Waals surface area contributed by atoms with E-state index in [2.05, 4.69) is 131 Å². The number of likely N-dealkylation sites (N-methyl/N-ethyl adjacent to an activating group) is 1. The Bertz CT molecular complexity index is 1780. The van der Waals surface area contributed by atoms with Crippen LogP contribution >= 0.6 is 0 Å². The topological polar surface area (TPSA) is 13.1 Å². The summed E-state index contributed by atoms with van der Waals surface area (Å²) in [5, 5.41) is 7.58. The zero-order valence-corrected chi connectivity index (χ0v) is 19.9. The normalized spacial score (nSPS) is 13.8. The summed E-state index contributed by atoms with van der Waals surface area (Å²) in [6.45, 7) is 0.909. The number of rotatable bonds is 4. The van der Waals surface area contributed by atoms with Crippen LogP contribution in [0.4, 0.5) is 0 Å². The first-order valence-corrected chi connectivity index (χ1v) is 12.4. The fourth-order valence-corrected chi connectivity index (χ4v) is 5.84. The number of para-hydroxylation sites is 3. The van der Waals surface area contributed by atoms with E-state index >= 15 is 0 Å². The van der Waals surface area contributed by atoms with Gasteiger partial charge in [0.05, 0.1) is 28.6 Å². The van der Waals surface area contributed by atoms with E-state index in [1.807, 2.05) is 0 Å². The van der Waals surface area contributed by atoms with Crippen LogP contribution in [-0.2, 0) is 0 Å². The van der Waals surface area contributed by atoms with E-state index in [0.29, 0.717) is 0 Å². The fraction of sp³-hybridized carbons (Fsp3) is 0.125. The van der Waals surface area contributed by atoms with Crippen molar-refractivity contribution in [3.05, 3.63) is 115 Å². The summed E-state index contributed by atoms with van der Waals surface area (Å²) in [4.78, 5) is 0. The zero-order valence-electron chi connectivity index (χ0n) is 19.9. The monoisotopic (exact) mass is 453 g/mol. The SMILES string of the molecule is CN(CC1=CC=CCC1)n1c2ccccc2c2ccc3c(c4ccccc4n3-c3ccccc3)c21. The van der Waals surface area contributed by atoms with E-state index in [1.54, 1.807) is 0 Å². The fourth-order valence-electron chi connectivity index (χ4n) is 5.84. The molecular formula is C32H27N3. The molecule has 4 aromatic carbocycles. The summed E-state index contributed by atoms with van der Waals surface area (Å²) in [6, 6.07) is 32.9. The van der Waals surface area contributed by atoms with Crippen molar-refractivity contribution in [3.8, 4) is 5.69 Å². The lowest BCUT2D eigenvalue weighted by atomic mass is 10.1. The third kappa shape index (κ3) is 3.05. The van der Waals surface area contributed by atoms with Crippen LogP contribution < -0.4 is 5.01 Å². The molecule has 0 fully saturated rings. The first-order valence-electron chi connectivity index (χ1n) is 12.4. The lowest BCUT2D eigenvalue weighted by Gasteiger charge is -2.25. The number of allylic oxidation sites excluding steroid dienone is 3. The minimum atomic E-state index is 0.909. The highest BCUT2D eigenvalue weighted by Gasteiger charge is 2.21. The maximum Gasteiger partial charge on any atom is 0.0808 e. The summed E-state index contributed by atoms with van der Waals surface area (Å²) in [6.07, 6.45) is 8.99. The molecule has 0 radical (unpaired) electrons. The standard InChI is InChI=1S/C32H27N3/c1-33(22-23-12-4-2-5-13-23)35-29-19-11-8-16-25(29)26-20-21-30-31(32(26)35)27-17-9-10-18-28(27)34(30)24-14-6-3-7-15-24/h2-4,6-12,14-21H,5,13,22H2,1H3. The quantitative estimate of drug-likeness (QED) is 0.266. The molecule has 7 rings (SSSR count). The molecule has 6 aromatic rings. The number of benzene rings is 4. The van der Waals surface area contributed by atoms with Crippen LogP contribution in [0.25, 0.3) is 49.3 Å². The Morgan fingerprint density at radius 3 is 2.26 bits per heavy atom. The smallest absolute Gasteiger partial charge is 0.0808 e. The average Bonchev–Trinajstić information content (AvgIpc) is 3.43. The van der Waals surface area contributed by atoms with E-state index in [-0.39, 0.29) is 0 Å². The van der Waals surface area contributed by atoms with E-state index in [1.165, 1.54) is 54.9 Å². The van der Waals surface area contributed by atoms with Crippen LogP contribution in [0.1, 0.15) is 12.8 Å². The van der Waals surface area contributed by atoms with Crippen LogP contribution in [0.2, 0.25) is 0 Å². The Balaban J connectivity index is 1.61. The zero-order chi connectivity index (χ0) is 23.4. The van der Waals surface area contributed by atoms with Crippen molar-refractivity contribution < 1.29 is 0 Å². The minimum Gasteiger partial charge on any atom is -0.311 e. The maximum atomic E-state index is 2.45. The highest BCUT2D eigenvalue weighted by atomic mass is 15.5. The Kier molecular flexibility index (Phi) is 4.56. The summed E-state index contributed by atoms with van der Waals surface area (Å²) < 4.78 is 4.86. The van der Waals surface area contributed by atoms with Crippen LogP contribution in [0.5, 0.6) is 0 Å². The van der Waals surface area contributed by atoms with E-state index in [9.17, 15) is 0 Å². The lowest BCUT2D eigenvalue weighted by molar-refractivity contribution is 0.709. The Morgan fingerprint density at radius 2 is 1.46 bits per heavy atom. The number of aromatic nitrogens is 2. The Hall–Kier alpha value is -4.24. The van der Waals surface area contributed by atoms with Crippen molar-refractivity contribution in [1.29, 1.82) is 0 Å². The molecule has 0 N–H and O–H groups in total. The van der Waals surface area contributed by atoms with Gasteiger partial charge in [-0.05, 0) is 54.8 Å². The largest absolute Gasteiger partial charge is 0.311 e. The maximum absolute atomic E-state index is 2.45. The number of fused-ring (bicyclic) bond motifs is 7. The molecule has 0 saturated heterocycles. The number of hydrogen-bond acceptors (Lipinski definition) is 1. The van der Waals surface area contributed by atoms with Gasteiger partial charge < -0.3 is 9.58 Å². The lowest BCUT2D eigenvalue weighted by Crippen LogP contribution is -2.32. The molecule has 0 atom stereocenters. The predicted molar refractivity (Wildman–Crippen MR) is 149 cm³/mol. The molecule has 0 aliphatic heterocycles. The minimum absolute atomic E-state index is 0.909. The van der Waals surface area contributed by atoms with Gasteiger partial charge >= 0.3 is 0 Å². The number of nitrogens with zero attached hydrogens (tertiary/aromatic N) is 3. The molecule has 2 heterocycles. The third-order valence-electron chi connectivity index (χ3n) is 7.33. The molecule has 170 valence electrons. The molecule has 3 heteroatoms. The first-order chi connectivity index (χ1) is 17.3. The van der Waals surface area contributed by atoms with E-state index < -0.39 is 0 Å². The molecule has 0 bridgehead atoms. The molecule has 35 heavy (non-hydrogen) atoms. The third-order valence-corrected chi connectivity index (χ3v) is 7.33. The van der Waals surface area contributed by atoms with E-state index in [0.717, 1.165) is 19.4 Å². The molecule has 0 spiro atoms. The summed E-state index contributed by atoms with van der Waals surface area (Å²) in [7, 11) is 2.22. The second-order valence-electron chi connectivity index (χ2n) is 9.48. The van der Waals surface area contributed by atoms with E-state index in [4.69, 9.17) is 0 Å². The van der Waals surface area contributed by atoms with Crippen LogP contribution in [-0.4, -0.2) is 22.8 Å². The van der Waals surface area contributed by atoms with Gasteiger partial charge in [-0.3, -0.25) is 4.68 Å². The average molecular weight is 454 g/mol. The second-order valence-corrected chi connectivity index (χ2v) is 9.48. The van der Waals surface area contributed by atoms with Crippen LogP contribution in [0, 0.1) is 0 Å². The van der Waals surface area contributed by atoms with Crippen molar-refractivity contribution in [1.82, 2.24) is 9.24 Å². The van der Waals surface area contributed by atoms with Gasteiger partial charge in [0.25, 0.3) is 0 Å². The van der Waals surface area contributed by atoms with Gasteiger partial charge in [0.1, 0.15) is 0 Å². The van der Waals surface area contributed by atoms with Crippen LogP contribution in [0.3, 0.4) is 0 Å². The molecule has 0 unspecified atom stereocenters. The van der Waals surface area contributed by atoms with Gasteiger partial charge in [-0.2, -0.15) is 0 Å². The molecule has 1 aliphatic carbocycles. The van der Waals surface area contributed by atoms with Gasteiger partial charge in [-0.1, -0.05) is 72.8 Å². The summed E-state index contributed by atoms with van der Waals surface area (Å²) >= 11 is 0. The molecular weight excluding hydrogens is 426 g/mol. The van der Waals surface area contributed by atoms with Crippen molar-refractivity contribution in [2.45, 2.75) is 12.8 Å². The Morgan fingerprint density at radius 1 is 0.714 bits per heavy atom. The molecule has 1 aliphatic rings. The first kappa shape index (κ1) is 20.2. The van der Waals surface area contributed by atoms with Crippen molar-refractivity contribution in [2.75, 3.05) is 18.6 Å². The predicted octanol–water partition coefficient (Wildman–Crippen LogP) is 7.74. The molecule has 0 saturated carbocycles. The van der Waals surface area contributed by atoms with Gasteiger partial charge in [-0.15, -0.1) is 0 Å². The van der Waals surface area contributed by atoms with Gasteiger partial charge in [-0.25, -0.2) is 0 Å². The van der Waals surface area contributed by atoms with Gasteiger partial charge in [0.2, 0.25) is 0 Å². The van der Waals surface area contributed by atoms with Crippen molar-refractivity contribution in [3.63, 3.8) is 0 Å². The second kappa shape index (κ2) is 7.92. The number of hydrogen-bond donors (Lipinski definition) is 0. The molecule has 2 aromatic heterocycles. The summed E-state index contributed by atoms with van der Waals surface area (Å²) in [5.41, 5.74) is 7.67. The Labute approximate surface area is 204 Å². The van der Waals surface area contributed by atoms with Crippen molar-refractivity contribution in [2.24, 2.45) is 0 Å². The van der Waals surface area contributed by atoms with Crippen LogP contribution in [0.15, 0.2) is 115 Å². The highest BCUT2D eigenvalue weighted by Crippen LogP contribution is 2.40. The molecule has 3 nitrogen and oxygen atoms in total. The van der Waals surface area contributed by atoms with Crippen molar-refractivity contribution >= 4 is 43.6 Å².